The molecule has 0 saturated carbocycles. The first kappa shape index (κ1) is 12.1. The first-order chi connectivity index (χ1) is 6.93. The lowest BCUT2D eigenvalue weighted by Crippen LogP contribution is -2.28. The molecule has 0 aliphatic heterocycles. The largest absolute Gasteiger partial charge is 0.479 e. The van der Waals surface area contributed by atoms with Crippen molar-refractivity contribution >= 4 is 21.9 Å². The molecule has 0 aliphatic carbocycles. The van der Waals surface area contributed by atoms with Gasteiger partial charge in [0.25, 0.3) is 0 Å². The van der Waals surface area contributed by atoms with Crippen molar-refractivity contribution in [3.63, 3.8) is 0 Å². The molecule has 0 amide bonds. The zero-order valence-electron chi connectivity index (χ0n) is 7.39. The molecule has 1 aromatic rings. The van der Waals surface area contributed by atoms with Gasteiger partial charge in [-0.3, -0.25) is 0 Å². The molecule has 2 atom stereocenters. The minimum Gasteiger partial charge on any atom is -0.479 e. The third-order valence-corrected chi connectivity index (χ3v) is 2.32. The van der Waals surface area contributed by atoms with Crippen molar-refractivity contribution < 1.29 is 24.5 Å². The summed E-state index contributed by atoms with van der Waals surface area (Å²) in [7, 11) is 0. The molecule has 4 nitrogen and oxygen atoms in total. The van der Waals surface area contributed by atoms with E-state index >= 15 is 0 Å². The summed E-state index contributed by atoms with van der Waals surface area (Å²) in [6.07, 6.45) is -3.84. The number of hydrogen-bond acceptors (Lipinski definition) is 3. The molecule has 82 valence electrons. The molecule has 3 N–H and O–H groups in total. The number of benzene rings is 1. The standard InChI is InChI=1S/C9H8BrFO4/c10-4-1-2-6(11)5(3-4)7(12)8(13)9(14)15/h1-3,7-8,12-13H,(H,14,15). The van der Waals surface area contributed by atoms with Crippen molar-refractivity contribution in [2.45, 2.75) is 12.2 Å². The average molecular weight is 279 g/mol. The first-order valence-corrected chi connectivity index (χ1v) is 4.76. The third kappa shape index (κ3) is 2.74. The highest BCUT2D eigenvalue weighted by Gasteiger charge is 2.27. The summed E-state index contributed by atoms with van der Waals surface area (Å²) in [5.74, 6) is -2.38. The Kier molecular flexibility index (Phi) is 3.78. The number of aliphatic carboxylic acids is 1. The number of aliphatic hydroxyl groups excluding tert-OH is 2. The lowest BCUT2D eigenvalue weighted by atomic mass is 10.0. The maximum Gasteiger partial charge on any atom is 0.335 e. The molecule has 1 aromatic carbocycles. The van der Waals surface area contributed by atoms with Crippen molar-refractivity contribution in [1.82, 2.24) is 0 Å². The molecule has 0 spiro atoms. The Morgan fingerprint density at radius 2 is 2.00 bits per heavy atom. The molecule has 15 heavy (non-hydrogen) atoms. The summed E-state index contributed by atoms with van der Waals surface area (Å²) in [4.78, 5) is 10.4. The molecule has 1 rings (SSSR count). The third-order valence-electron chi connectivity index (χ3n) is 1.83. The normalized spacial score (nSPS) is 14.7. The van der Waals surface area contributed by atoms with Crippen LogP contribution in [0.1, 0.15) is 11.7 Å². The molecular weight excluding hydrogens is 271 g/mol. The van der Waals surface area contributed by atoms with Crippen LogP contribution in [0.3, 0.4) is 0 Å². The van der Waals surface area contributed by atoms with Crippen molar-refractivity contribution in [1.29, 1.82) is 0 Å². The quantitative estimate of drug-likeness (QED) is 0.773. The Labute approximate surface area is 93.1 Å². The van der Waals surface area contributed by atoms with Crippen molar-refractivity contribution in [3.05, 3.63) is 34.1 Å². The van der Waals surface area contributed by atoms with Crippen LogP contribution in [0.2, 0.25) is 0 Å². The number of rotatable bonds is 3. The maximum atomic E-state index is 13.2. The molecule has 0 radical (unpaired) electrons. The van der Waals surface area contributed by atoms with Gasteiger partial charge in [-0.15, -0.1) is 0 Å². The van der Waals surface area contributed by atoms with Gasteiger partial charge in [-0.05, 0) is 18.2 Å². The van der Waals surface area contributed by atoms with Crippen LogP contribution in [0.5, 0.6) is 0 Å². The van der Waals surface area contributed by atoms with Gasteiger partial charge in [0.15, 0.2) is 6.10 Å². The number of carboxylic acid groups (broad SMARTS) is 1. The van der Waals surface area contributed by atoms with Gasteiger partial charge in [0.05, 0.1) is 0 Å². The van der Waals surface area contributed by atoms with Crippen molar-refractivity contribution in [2.75, 3.05) is 0 Å². The number of hydrogen-bond donors (Lipinski definition) is 3. The number of halogens is 2. The summed E-state index contributed by atoms with van der Waals surface area (Å²) < 4.78 is 13.6. The highest BCUT2D eigenvalue weighted by molar-refractivity contribution is 9.10. The summed E-state index contributed by atoms with van der Waals surface area (Å²) in [6.45, 7) is 0. The summed E-state index contributed by atoms with van der Waals surface area (Å²) in [6, 6.07) is 3.68. The van der Waals surface area contributed by atoms with E-state index in [9.17, 15) is 14.3 Å². The van der Waals surface area contributed by atoms with Crippen molar-refractivity contribution in [2.24, 2.45) is 0 Å². The topological polar surface area (TPSA) is 77.8 Å². The van der Waals surface area contributed by atoms with Crippen LogP contribution in [-0.4, -0.2) is 27.4 Å². The molecular formula is C9H8BrFO4. The van der Waals surface area contributed by atoms with Crippen LogP contribution in [0.4, 0.5) is 4.39 Å². The smallest absolute Gasteiger partial charge is 0.335 e. The van der Waals surface area contributed by atoms with E-state index in [1.165, 1.54) is 12.1 Å². The lowest BCUT2D eigenvalue weighted by molar-refractivity contribution is -0.153. The van der Waals surface area contributed by atoms with Gasteiger partial charge in [-0.25, -0.2) is 9.18 Å². The highest BCUT2D eigenvalue weighted by Crippen LogP contribution is 2.24. The average Bonchev–Trinajstić information content (AvgIpc) is 2.19. The number of aliphatic hydroxyl groups is 2. The summed E-state index contributed by atoms with van der Waals surface area (Å²) in [5.41, 5.74) is -0.265. The molecule has 0 saturated heterocycles. The monoisotopic (exact) mass is 278 g/mol. The van der Waals surface area contributed by atoms with Crippen LogP contribution < -0.4 is 0 Å². The Morgan fingerprint density at radius 3 is 2.53 bits per heavy atom. The van der Waals surface area contributed by atoms with Crippen molar-refractivity contribution in [3.8, 4) is 0 Å². The van der Waals surface area contributed by atoms with Crippen LogP contribution >= 0.6 is 15.9 Å². The molecule has 0 aliphatic rings. The van der Waals surface area contributed by atoms with Crippen LogP contribution in [0.25, 0.3) is 0 Å². The highest BCUT2D eigenvalue weighted by atomic mass is 79.9. The van der Waals surface area contributed by atoms with E-state index in [0.717, 1.165) is 6.07 Å². The Hall–Kier alpha value is -0.980. The van der Waals surface area contributed by atoms with E-state index in [4.69, 9.17) is 10.2 Å². The minimum atomic E-state index is -2.05. The Balaban J connectivity index is 3.04. The molecule has 0 bridgehead atoms. The summed E-state index contributed by atoms with van der Waals surface area (Å²) in [5, 5.41) is 26.8. The zero-order valence-corrected chi connectivity index (χ0v) is 8.98. The predicted molar refractivity (Wildman–Crippen MR) is 52.7 cm³/mol. The Morgan fingerprint density at radius 1 is 1.40 bits per heavy atom. The fourth-order valence-corrected chi connectivity index (χ4v) is 1.43. The molecule has 0 fully saturated rings. The SMILES string of the molecule is O=C(O)C(O)C(O)c1cc(Br)ccc1F. The molecule has 0 heterocycles. The summed E-state index contributed by atoms with van der Waals surface area (Å²) >= 11 is 3.04. The first-order valence-electron chi connectivity index (χ1n) is 3.97. The fraction of sp³-hybridized carbons (Fsp3) is 0.222. The Bertz CT molecular complexity index is 382. The fourth-order valence-electron chi connectivity index (χ4n) is 1.05. The van der Waals surface area contributed by atoms with Gasteiger partial charge in [-0.2, -0.15) is 0 Å². The van der Waals surface area contributed by atoms with E-state index in [1.54, 1.807) is 0 Å². The van der Waals surface area contributed by atoms with Gasteiger partial charge < -0.3 is 15.3 Å². The van der Waals surface area contributed by atoms with Crippen LogP contribution in [0, 0.1) is 5.82 Å². The van der Waals surface area contributed by atoms with Gasteiger partial charge in [0.2, 0.25) is 0 Å². The van der Waals surface area contributed by atoms with Gasteiger partial charge in [0.1, 0.15) is 11.9 Å². The van der Waals surface area contributed by atoms with Gasteiger partial charge in [0, 0.05) is 10.0 Å². The van der Waals surface area contributed by atoms with E-state index in [2.05, 4.69) is 15.9 Å². The molecule has 2 unspecified atom stereocenters. The second-order valence-electron chi connectivity index (χ2n) is 2.89. The second kappa shape index (κ2) is 4.69. The van der Waals surface area contributed by atoms with Gasteiger partial charge in [-0.1, -0.05) is 15.9 Å². The second-order valence-corrected chi connectivity index (χ2v) is 3.81. The van der Waals surface area contributed by atoms with Crippen LogP contribution in [-0.2, 0) is 4.79 Å². The lowest BCUT2D eigenvalue weighted by Gasteiger charge is -2.15. The van der Waals surface area contributed by atoms with E-state index in [0.29, 0.717) is 4.47 Å². The number of carbonyl (C=O) groups is 1. The number of carboxylic acids is 1. The van der Waals surface area contributed by atoms with E-state index < -0.39 is 24.0 Å². The van der Waals surface area contributed by atoms with E-state index in [1.807, 2.05) is 0 Å². The van der Waals surface area contributed by atoms with Gasteiger partial charge >= 0.3 is 5.97 Å². The predicted octanol–water partition coefficient (Wildman–Crippen LogP) is 1.07. The molecule has 6 heteroatoms. The van der Waals surface area contributed by atoms with Crippen LogP contribution in [0.15, 0.2) is 22.7 Å². The molecule has 0 aromatic heterocycles. The maximum absolute atomic E-state index is 13.2. The zero-order chi connectivity index (χ0) is 11.6. The minimum absolute atomic E-state index is 0.265. The van der Waals surface area contributed by atoms with E-state index in [-0.39, 0.29) is 5.56 Å².